The molecule has 0 aliphatic carbocycles. The van der Waals surface area contributed by atoms with Crippen LogP contribution in [0.3, 0.4) is 0 Å². The molecule has 0 unspecified atom stereocenters. The number of likely N-dealkylation sites (N-methyl/N-ethyl adjacent to an activating group) is 1. The van der Waals surface area contributed by atoms with Crippen molar-refractivity contribution in [1.82, 2.24) is 20.5 Å². The van der Waals surface area contributed by atoms with Crippen LogP contribution >= 0.6 is 0 Å². The molecule has 2 aromatic carbocycles. The van der Waals surface area contributed by atoms with Gasteiger partial charge in [-0.15, -0.1) is 0 Å². The second kappa shape index (κ2) is 11.5. The van der Waals surface area contributed by atoms with E-state index in [1.807, 2.05) is 43.5 Å². The maximum Gasteiger partial charge on any atom is 0.214 e. The number of hydrogen-bond donors (Lipinski definition) is 2. The molecule has 173 valence electrons. The van der Waals surface area contributed by atoms with E-state index in [1.165, 1.54) is 0 Å². The molecule has 34 heavy (non-hydrogen) atoms. The van der Waals surface area contributed by atoms with Gasteiger partial charge in [0.15, 0.2) is 0 Å². The summed E-state index contributed by atoms with van der Waals surface area (Å²) in [5.41, 5.74) is 10.0. The van der Waals surface area contributed by atoms with E-state index in [1.54, 1.807) is 0 Å². The van der Waals surface area contributed by atoms with Gasteiger partial charge in [-0.3, -0.25) is 4.98 Å². The zero-order chi connectivity index (χ0) is 24.7. The molecule has 4 nitrogen and oxygen atoms in total. The van der Waals surface area contributed by atoms with Crippen molar-refractivity contribution in [3.63, 3.8) is 0 Å². The number of hydrogen-bond acceptors (Lipinski definition) is 4. The number of aryl methyl sites for hydroxylation is 1. The molecule has 0 saturated carbocycles. The van der Waals surface area contributed by atoms with Crippen molar-refractivity contribution in [2.24, 2.45) is 0 Å². The van der Waals surface area contributed by atoms with Crippen LogP contribution < -0.4 is 16.1 Å². The van der Waals surface area contributed by atoms with E-state index in [2.05, 4.69) is 92.8 Å². The van der Waals surface area contributed by atoms with Gasteiger partial charge in [-0.2, -0.15) is 0 Å². The molecular weight excluding hydrogens is 415 g/mol. The molecule has 0 aliphatic heterocycles. The molecule has 1 aromatic heterocycles. The average Bonchev–Trinajstić information content (AvgIpc) is 2.82. The first kappa shape index (κ1) is 25.1. The van der Waals surface area contributed by atoms with Gasteiger partial charge in [-0.05, 0) is 61.4 Å². The molecular formula is C29H34BN4. The van der Waals surface area contributed by atoms with E-state index in [4.69, 9.17) is 0 Å². The van der Waals surface area contributed by atoms with Gasteiger partial charge in [-0.25, -0.2) is 0 Å². The molecule has 0 aliphatic rings. The van der Waals surface area contributed by atoms with Crippen LogP contribution in [0.15, 0.2) is 86.1 Å². The Morgan fingerprint density at radius 1 is 0.912 bits per heavy atom. The lowest BCUT2D eigenvalue weighted by atomic mass is 9.63. The maximum atomic E-state index is 4.58. The lowest BCUT2D eigenvalue weighted by molar-refractivity contribution is 0.411. The third-order valence-electron chi connectivity index (χ3n) is 5.82. The summed E-state index contributed by atoms with van der Waals surface area (Å²) in [4.78, 5) is 6.72. The average molecular weight is 449 g/mol. The number of pyridine rings is 1. The van der Waals surface area contributed by atoms with Crippen molar-refractivity contribution in [1.29, 1.82) is 0 Å². The monoisotopic (exact) mass is 449 g/mol. The Bertz CT molecular complexity index is 1160. The minimum Gasteiger partial charge on any atom is -0.384 e. The molecule has 2 N–H and O–H groups in total. The highest BCUT2D eigenvalue weighted by Gasteiger charge is 2.14. The summed E-state index contributed by atoms with van der Waals surface area (Å²) in [6.07, 6.45) is 1.93. The van der Waals surface area contributed by atoms with Gasteiger partial charge >= 0.3 is 0 Å². The van der Waals surface area contributed by atoms with Crippen LogP contribution in [0, 0.1) is 13.8 Å². The Morgan fingerprint density at radius 3 is 2.15 bits per heavy atom. The highest BCUT2D eigenvalue weighted by atomic mass is 15.1. The summed E-state index contributed by atoms with van der Waals surface area (Å²) < 4.78 is 0. The summed E-state index contributed by atoms with van der Waals surface area (Å²) >= 11 is 0. The smallest absolute Gasteiger partial charge is 0.214 e. The van der Waals surface area contributed by atoms with Gasteiger partial charge in [0.05, 0.1) is 0 Å². The predicted octanol–water partition coefficient (Wildman–Crippen LogP) is 4.55. The second-order valence-corrected chi connectivity index (χ2v) is 8.72. The summed E-state index contributed by atoms with van der Waals surface area (Å²) in [6.45, 7) is 18.6. The van der Waals surface area contributed by atoms with Gasteiger partial charge in [-0.1, -0.05) is 79.8 Å². The molecule has 0 saturated heterocycles. The van der Waals surface area contributed by atoms with Crippen LogP contribution in [0.4, 0.5) is 0 Å². The van der Waals surface area contributed by atoms with Crippen molar-refractivity contribution in [3.8, 4) is 11.1 Å². The van der Waals surface area contributed by atoms with E-state index in [0.29, 0.717) is 0 Å². The van der Waals surface area contributed by atoms with Crippen molar-refractivity contribution in [3.05, 3.63) is 109 Å². The summed E-state index contributed by atoms with van der Waals surface area (Å²) in [6, 6.07) is 18.5. The van der Waals surface area contributed by atoms with Crippen molar-refractivity contribution in [2.75, 3.05) is 27.2 Å². The standard InChI is InChI=1S/C29H34BN4/c1-20-21(2)32-19-28(27-11-9-8-10-12-27)29(20)30-24(5)33-23(4)26-15-13-25(14-16-26)22(3)31-17-18-34(6)7/h8-16,19,31,33H,3-5,17-18H2,1-2,6-7H3. The fourth-order valence-electron chi connectivity index (χ4n) is 3.64. The van der Waals surface area contributed by atoms with Crippen LogP contribution in [0.25, 0.3) is 22.5 Å². The first-order chi connectivity index (χ1) is 16.3. The Kier molecular flexibility index (Phi) is 8.50. The molecule has 0 spiro atoms. The molecule has 5 heteroatoms. The zero-order valence-corrected chi connectivity index (χ0v) is 20.8. The van der Waals surface area contributed by atoms with E-state index in [9.17, 15) is 0 Å². The lowest BCUT2D eigenvalue weighted by Crippen LogP contribution is -2.29. The number of aromatic nitrogens is 1. The fraction of sp³-hybridized carbons (Fsp3) is 0.207. The van der Waals surface area contributed by atoms with E-state index in [-0.39, 0.29) is 0 Å². The van der Waals surface area contributed by atoms with E-state index in [0.717, 1.165) is 69.1 Å². The van der Waals surface area contributed by atoms with Crippen LogP contribution in [-0.2, 0) is 0 Å². The van der Waals surface area contributed by atoms with Gasteiger partial charge in [0, 0.05) is 36.4 Å². The first-order valence-electron chi connectivity index (χ1n) is 11.5. The molecule has 0 fully saturated rings. The number of nitrogens with zero attached hydrogens (tertiary/aromatic N) is 2. The topological polar surface area (TPSA) is 40.2 Å². The van der Waals surface area contributed by atoms with Crippen molar-refractivity contribution >= 4 is 24.1 Å². The molecule has 0 amide bonds. The fourth-order valence-corrected chi connectivity index (χ4v) is 3.64. The molecule has 3 aromatic rings. The minimum atomic E-state index is 0.773. The molecule has 1 radical (unpaired) electrons. The molecule has 0 atom stereocenters. The number of benzene rings is 2. The second-order valence-electron chi connectivity index (χ2n) is 8.72. The third kappa shape index (κ3) is 6.49. The van der Waals surface area contributed by atoms with Gasteiger partial charge in [0.25, 0.3) is 0 Å². The summed E-state index contributed by atoms with van der Waals surface area (Å²) in [5.74, 6) is 0. The van der Waals surface area contributed by atoms with E-state index < -0.39 is 0 Å². The molecule has 1 heterocycles. The van der Waals surface area contributed by atoms with E-state index >= 15 is 0 Å². The summed E-state index contributed by atoms with van der Waals surface area (Å²) in [7, 11) is 6.19. The molecule has 3 rings (SSSR count). The maximum absolute atomic E-state index is 4.58. The first-order valence-corrected chi connectivity index (χ1v) is 11.5. The van der Waals surface area contributed by atoms with Crippen molar-refractivity contribution in [2.45, 2.75) is 13.8 Å². The van der Waals surface area contributed by atoms with Crippen LogP contribution in [-0.4, -0.2) is 44.3 Å². The zero-order valence-electron chi connectivity index (χ0n) is 20.8. The van der Waals surface area contributed by atoms with Gasteiger partial charge in [0.2, 0.25) is 7.28 Å². The lowest BCUT2D eigenvalue weighted by Gasteiger charge is -2.18. The Morgan fingerprint density at radius 2 is 1.53 bits per heavy atom. The van der Waals surface area contributed by atoms with Crippen molar-refractivity contribution < 1.29 is 0 Å². The predicted molar refractivity (Wildman–Crippen MR) is 148 cm³/mol. The minimum absolute atomic E-state index is 0.773. The SMILES string of the molecule is C=C([B]c1c(-c2ccccc2)cnc(C)c1C)NC(=C)c1ccc(C(=C)NCCN(C)C)cc1. The van der Waals surface area contributed by atoms with Gasteiger partial charge in [0.1, 0.15) is 0 Å². The normalized spacial score (nSPS) is 10.6. The summed E-state index contributed by atoms with van der Waals surface area (Å²) in [5, 5.41) is 6.73. The van der Waals surface area contributed by atoms with Gasteiger partial charge < -0.3 is 15.5 Å². The quantitative estimate of drug-likeness (QED) is 0.422. The number of rotatable bonds is 11. The Labute approximate surface area is 205 Å². The van der Waals surface area contributed by atoms with Crippen LogP contribution in [0.2, 0.25) is 0 Å². The largest absolute Gasteiger partial charge is 0.384 e. The Balaban J connectivity index is 1.67. The highest BCUT2D eigenvalue weighted by molar-refractivity contribution is 6.63. The third-order valence-corrected chi connectivity index (χ3v) is 5.82. The Hall–Kier alpha value is -3.57. The van der Waals surface area contributed by atoms with Crippen LogP contribution in [0.5, 0.6) is 0 Å². The number of nitrogens with one attached hydrogen (secondary N) is 2. The highest BCUT2D eigenvalue weighted by Crippen LogP contribution is 2.20. The molecule has 0 bridgehead atoms. The van der Waals surface area contributed by atoms with Crippen LogP contribution in [0.1, 0.15) is 22.4 Å².